The third kappa shape index (κ3) is 3.10. The molecule has 1 atom stereocenters. The van der Waals surface area contributed by atoms with Crippen molar-refractivity contribution in [1.29, 1.82) is 0 Å². The molecule has 0 saturated carbocycles. The molecule has 0 spiro atoms. The van der Waals surface area contributed by atoms with E-state index in [0.717, 1.165) is 18.6 Å². The van der Waals surface area contributed by atoms with Crippen LogP contribution in [0.1, 0.15) is 39.7 Å². The summed E-state index contributed by atoms with van der Waals surface area (Å²) in [5.74, 6) is 4.53. The van der Waals surface area contributed by atoms with Gasteiger partial charge in [-0.1, -0.05) is 39.0 Å². The molecule has 0 N–H and O–H groups in total. The van der Waals surface area contributed by atoms with Crippen LogP contribution < -0.4 is 4.74 Å². The van der Waals surface area contributed by atoms with Crippen LogP contribution in [-0.4, -0.2) is 13.7 Å². The molecule has 108 valence electrons. The van der Waals surface area contributed by atoms with Gasteiger partial charge in [0.1, 0.15) is 19.4 Å². The Morgan fingerprint density at radius 1 is 1.15 bits per heavy atom. The molecule has 1 aliphatic heterocycles. The number of hydrogen-bond acceptors (Lipinski definition) is 1. The lowest BCUT2D eigenvalue weighted by molar-refractivity contribution is 0.122. The van der Waals surface area contributed by atoms with E-state index in [1.807, 2.05) is 6.07 Å². The highest BCUT2D eigenvalue weighted by molar-refractivity contribution is 6.87. The predicted molar refractivity (Wildman–Crippen MR) is 88.8 cm³/mol. The first-order valence-corrected chi connectivity index (χ1v) is 10.5. The fraction of sp³-hybridized carbons (Fsp3) is 0.556. The Hall–Kier alpha value is -1.20. The van der Waals surface area contributed by atoms with Gasteiger partial charge in [-0.15, -0.1) is 11.5 Å². The Bertz CT molecular complexity index is 486. The zero-order valence-corrected chi connectivity index (χ0v) is 14.3. The smallest absolute Gasteiger partial charge is 0.137 e. The fourth-order valence-corrected chi connectivity index (χ4v) is 5.48. The third-order valence-electron chi connectivity index (χ3n) is 4.74. The van der Waals surface area contributed by atoms with Crippen LogP contribution in [-0.2, 0) is 6.42 Å². The average Bonchev–Trinajstić information content (AvgIpc) is 2.80. The molecule has 1 nitrogen and oxygen atoms in total. The summed E-state index contributed by atoms with van der Waals surface area (Å²) in [4.78, 5) is 0. The Labute approximate surface area is 124 Å². The predicted octanol–water partition coefficient (Wildman–Crippen LogP) is 4.82. The minimum Gasteiger partial charge on any atom is -0.486 e. The largest absolute Gasteiger partial charge is 0.486 e. The van der Waals surface area contributed by atoms with Crippen LogP contribution in [0, 0.1) is 11.5 Å². The van der Waals surface area contributed by atoms with E-state index in [-0.39, 0.29) is 5.60 Å². The van der Waals surface area contributed by atoms with E-state index in [9.17, 15) is 0 Å². The molecular formula is C18H26OSi. The highest BCUT2D eigenvalue weighted by Gasteiger charge is 2.34. The minimum absolute atomic E-state index is 0.133. The van der Waals surface area contributed by atoms with Crippen molar-refractivity contribution in [3.63, 3.8) is 0 Å². The molecule has 1 aliphatic rings. The van der Waals surface area contributed by atoms with Crippen LogP contribution in [0.15, 0.2) is 24.3 Å². The van der Waals surface area contributed by atoms with Crippen LogP contribution in [0.2, 0.25) is 18.1 Å². The summed E-state index contributed by atoms with van der Waals surface area (Å²) < 4.78 is 6.12. The van der Waals surface area contributed by atoms with Crippen molar-refractivity contribution in [2.24, 2.45) is 0 Å². The summed E-state index contributed by atoms with van der Waals surface area (Å²) >= 11 is 0. The van der Waals surface area contributed by atoms with Crippen LogP contribution in [0.4, 0.5) is 0 Å². The molecule has 2 rings (SSSR count). The molecule has 0 amide bonds. The molecule has 0 saturated heterocycles. The lowest BCUT2D eigenvalue weighted by Crippen LogP contribution is -2.31. The van der Waals surface area contributed by atoms with Crippen molar-refractivity contribution in [2.45, 2.75) is 64.3 Å². The van der Waals surface area contributed by atoms with Crippen molar-refractivity contribution in [3.8, 4) is 17.2 Å². The second kappa shape index (κ2) is 6.05. The Balaban J connectivity index is 2.06. The molecule has 1 aromatic rings. The number of hydrogen-bond donors (Lipinski definition) is 0. The van der Waals surface area contributed by atoms with Crippen LogP contribution >= 0.6 is 0 Å². The van der Waals surface area contributed by atoms with Gasteiger partial charge in [0, 0.05) is 12.8 Å². The number of benzene rings is 1. The lowest BCUT2D eigenvalue weighted by Gasteiger charge is -2.23. The van der Waals surface area contributed by atoms with Gasteiger partial charge >= 0.3 is 0 Å². The van der Waals surface area contributed by atoms with E-state index >= 15 is 0 Å². The van der Waals surface area contributed by atoms with Gasteiger partial charge in [-0.25, -0.2) is 0 Å². The summed E-state index contributed by atoms with van der Waals surface area (Å²) in [5, 5.41) is 0. The van der Waals surface area contributed by atoms with Gasteiger partial charge in [0.15, 0.2) is 0 Å². The zero-order chi connectivity index (χ0) is 14.6. The SMILES string of the molecule is CC[Si](C#CCC1(C)Cc2ccccc2O1)(CC)CC. The summed E-state index contributed by atoms with van der Waals surface area (Å²) in [5.41, 5.74) is 4.86. The van der Waals surface area contributed by atoms with Crippen molar-refractivity contribution in [1.82, 2.24) is 0 Å². The van der Waals surface area contributed by atoms with E-state index in [2.05, 4.69) is 57.4 Å². The first-order chi connectivity index (χ1) is 9.56. The topological polar surface area (TPSA) is 9.23 Å². The molecule has 1 heterocycles. The highest BCUT2D eigenvalue weighted by Crippen LogP contribution is 2.36. The second-order valence-electron chi connectivity index (χ2n) is 6.16. The molecule has 0 aromatic heterocycles. The molecule has 0 bridgehead atoms. The number of rotatable bonds is 4. The van der Waals surface area contributed by atoms with E-state index in [0.29, 0.717) is 0 Å². The van der Waals surface area contributed by atoms with E-state index < -0.39 is 8.07 Å². The van der Waals surface area contributed by atoms with E-state index in [4.69, 9.17) is 4.74 Å². The highest BCUT2D eigenvalue weighted by atomic mass is 28.3. The Kier molecular flexibility index (Phi) is 4.60. The molecule has 0 radical (unpaired) electrons. The van der Waals surface area contributed by atoms with Gasteiger partial charge in [-0.05, 0) is 36.7 Å². The van der Waals surface area contributed by atoms with Crippen LogP contribution in [0.3, 0.4) is 0 Å². The van der Waals surface area contributed by atoms with E-state index in [1.54, 1.807) is 0 Å². The maximum atomic E-state index is 6.12. The Morgan fingerprint density at radius 2 is 1.80 bits per heavy atom. The lowest BCUT2D eigenvalue weighted by atomic mass is 9.96. The normalized spacial score (nSPS) is 20.8. The third-order valence-corrected chi connectivity index (χ3v) is 9.51. The number of fused-ring (bicyclic) bond motifs is 1. The van der Waals surface area contributed by atoms with Gasteiger partial charge in [-0.3, -0.25) is 0 Å². The quantitative estimate of drug-likeness (QED) is 0.569. The summed E-state index contributed by atoms with van der Waals surface area (Å²) in [7, 11) is -1.32. The van der Waals surface area contributed by atoms with Gasteiger partial charge in [0.25, 0.3) is 0 Å². The molecule has 20 heavy (non-hydrogen) atoms. The van der Waals surface area contributed by atoms with Gasteiger partial charge in [-0.2, -0.15) is 0 Å². The van der Waals surface area contributed by atoms with E-state index in [1.165, 1.54) is 23.7 Å². The van der Waals surface area contributed by atoms with Crippen LogP contribution in [0.25, 0.3) is 0 Å². The van der Waals surface area contributed by atoms with Crippen molar-refractivity contribution >= 4 is 8.07 Å². The van der Waals surface area contributed by atoms with Gasteiger partial charge in [0.05, 0.1) is 0 Å². The van der Waals surface area contributed by atoms with Crippen molar-refractivity contribution in [3.05, 3.63) is 29.8 Å². The second-order valence-corrected chi connectivity index (χ2v) is 11.1. The molecule has 0 fully saturated rings. The molecule has 0 aliphatic carbocycles. The first-order valence-electron chi connectivity index (χ1n) is 7.83. The molecule has 1 aromatic carbocycles. The number of ether oxygens (including phenoxy) is 1. The first kappa shape index (κ1) is 15.2. The van der Waals surface area contributed by atoms with Gasteiger partial charge < -0.3 is 4.74 Å². The average molecular weight is 286 g/mol. The van der Waals surface area contributed by atoms with Crippen molar-refractivity contribution in [2.75, 3.05) is 0 Å². The Morgan fingerprint density at radius 3 is 2.40 bits per heavy atom. The number of para-hydroxylation sites is 1. The minimum atomic E-state index is -1.32. The molecule has 2 heteroatoms. The molecular weight excluding hydrogens is 260 g/mol. The standard InChI is InChI=1S/C18H26OSi/c1-5-20(6-2,7-3)14-10-13-18(4)15-16-11-8-9-12-17(16)19-18/h8-9,11-12H,5-7,13,15H2,1-4H3. The molecule has 1 unspecified atom stereocenters. The summed E-state index contributed by atoms with van der Waals surface area (Å²) in [6.07, 6.45) is 1.83. The summed E-state index contributed by atoms with van der Waals surface area (Å²) in [6.45, 7) is 9.10. The maximum Gasteiger partial charge on any atom is 0.137 e. The maximum absolute atomic E-state index is 6.12. The zero-order valence-electron chi connectivity index (χ0n) is 13.3. The fourth-order valence-electron chi connectivity index (χ4n) is 2.99. The van der Waals surface area contributed by atoms with Crippen molar-refractivity contribution < 1.29 is 4.74 Å². The van der Waals surface area contributed by atoms with Gasteiger partial charge in [0.2, 0.25) is 0 Å². The van der Waals surface area contributed by atoms with Crippen LogP contribution in [0.5, 0.6) is 5.75 Å². The monoisotopic (exact) mass is 286 g/mol. The summed E-state index contributed by atoms with van der Waals surface area (Å²) in [6, 6.07) is 12.2.